The van der Waals surface area contributed by atoms with Crippen molar-refractivity contribution in [3.63, 3.8) is 0 Å². The second-order valence-electron chi connectivity index (χ2n) is 0.513. The van der Waals surface area contributed by atoms with Crippen LogP contribution in [-0.4, -0.2) is 33.5 Å². The first-order valence-corrected chi connectivity index (χ1v) is 2.94. The van der Waals surface area contributed by atoms with Crippen LogP contribution in [0.25, 0.3) is 0 Å². The average Bonchev–Trinajstić information content (AvgIpc) is 1.36. The number of phosphoric acid groups is 1. The van der Waals surface area contributed by atoms with Crippen LogP contribution in [0.1, 0.15) is 0 Å². The summed E-state index contributed by atoms with van der Waals surface area (Å²) in [5, 5.41) is 0. The molecule has 0 saturated heterocycles. The Hall–Kier alpha value is 1.16. The summed E-state index contributed by atoms with van der Waals surface area (Å²) in [5.74, 6) is 0. The van der Waals surface area contributed by atoms with Crippen LogP contribution in [0.5, 0.6) is 0 Å². The molecule has 0 heterocycles. The molecule has 0 bridgehead atoms. The standard InChI is InChI=1S/FH.Li.Mn.H3O4P.H/c;;;1-5(2,3)4;/h1H;;;(H3,1,2,3,4);/q;;+1;;/p-1. The summed E-state index contributed by atoms with van der Waals surface area (Å²) in [6, 6.07) is 0. The van der Waals surface area contributed by atoms with E-state index in [1.807, 2.05) is 0 Å². The van der Waals surface area contributed by atoms with Gasteiger partial charge in [-0.1, -0.05) is 0 Å². The molecule has 0 aromatic heterocycles. The Labute approximate surface area is 66.2 Å². The molecule has 0 aliphatic carbocycles. The van der Waals surface area contributed by atoms with Crippen molar-refractivity contribution < 1.29 is 39.3 Å². The van der Waals surface area contributed by atoms with E-state index in [0.29, 0.717) is 0 Å². The van der Waals surface area contributed by atoms with Crippen molar-refractivity contribution in [3.05, 3.63) is 0 Å². The zero-order chi connectivity index (χ0) is 6.50. The Bertz CT molecular complexity index is 62.2. The van der Waals surface area contributed by atoms with Crippen molar-refractivity contribution in [2.45, 2.75) is 0 Å². The minimum atomic E-state index is -4.64. The Kier molecular flexibility index (Phi) is 16.4. The minimum absolute atomic E-state index is 0. The summed E-state index contributed by atoms with van der Waals surface area (Å²) in [4.78, 5) is 21.6. The predicted octanol–water partition coefficient (Wildman–Crippen LogP) is -1.16. The van der Waals surface area contributed by atoms with Gasteiger partial charge >= 0.3 is 46.7 Å². The van der Waals surface area contributed by atoms with Gasteiger partial charge in [-0.25, -0.2) is 4.57 Å². The fourth-order valence-electron chi connectivity index (χ4n) is 0. The molecule has 0 aliphatic heterocycles. The van der Waals surface area contributed by atoms with Gasteiger partial charge in [-0.15, -0.1) is 0 Å². The summed E-state index contributed by atoms with van der Waals surface area (Å²) < 4.78 is 18.2. The van der Waals surface area contributed by atoms with E-state index in [-0.39, 0.29) is 18.9 Å². The molecule has 0 aromatic rings. The summed E-state index contributed by atoms with van der Waals surface area (Å²) in [5.41, 5.74) is 0. The summed E-state index contributed by atoms with van der Waals surface area (Å²) in [6.07, 6.45) is 0. The first-order chi connectivity index (χ1) is 3.00. The topological polar surface area (TPSA) is 77.8 Å². The van der Waals surface area contributed by atoms with E-state index < -0.39 is 7.82 Å². The SMILES string of the molecule is O=P(O)(O)O.[F][Mn].[LiH]. The van der Waals surface area contributed by atoms with E-state index in [0.717, 1.165) is 0 Å². The van der Waals surface area contributed by atoms with Gasteiger partial charge < -0.3 is 14.7 Å². The molecule has 4 nitrogen and oxygen atoms in total. The number of halogens is 1. The first-order valence-electron chi connectivity index (χ1n) is 0.925. The maximum atomic E-state index is 9.31. The van der Waals surface area contributed by atoms with Crippen molar-refractivity contribution in [1.29, 1.82) is 0 Å². The van der Waals surface area contributed by atoms with Gasteiger partial charge in [0.15, 0.2) is 0 Å². The van der Waals surface area contributed by atoms with Crippen LogP contribution in [0.2, 0.25) is 0 Å². The summed E-state index contributed by atoms with van der Waals surface area (Å²) in [6.45, 7) is 0. The number of rotatable bonds is 0. The van der Waals surface area contributed by atoms with E-state index in [9.17, 15) is 3.55 Å². The Morgan fingerprint density at radius 1 is 1.25 bits per heavy atom. The second kappa shape index (κ2) is 8.16. The van der Waals surface area contributed by atoms with E-state index in [4.69, 9.17) is 19.2 Å². The quantitative estimate of drug-likeness (QED) is 0.324. The van der Waals surface area contributed by atoms with Crippen LogP contribution in [-0.2, 0) is 21.0 Å². The van der Waals surface area contributed by atoms with E-state index in [1.54, 1.807) is 0 Å². The Morgan fingerprint density at radius 2 is 1.25 bits per heavy atom. The maximum absolute atomic E-state index is 9.31. The van der Waals surface area contributed by atoms with Crippen LogP contribution in [0, 0.1) is 0 Å². The van der Waals surface area contributed by atoms with Crippen LogP contribution >= 0.6 is 7.82 Å². The van der Waals surface area contributed by atoms with Gasteiger partial charge in [-0.2, -0.15) is 0 Å². The monoisotopic (exact) mass is 180 g/mol. The Balaban J connectivity index is -0.0000000750. The molecule has 0 radical (unpaired) electrons. The normalized spacial score (nSPS) is 8.12. The van der Waals surface area contributed by atoms with Gasteiger partial charge in [0.1, 0.15) is 0 Å². The molecule has 0 spiro atoms. The molecular weight excluding hydrogens is 176 g/mol. The van der Waals surface area contributed by atoms with E-state index in [2.05, 4.69) is 0 Å². The third kappa shape index (κ3) is 203. The van der Waals surface area contributed by atoms with Crippen molar-refractivity contribution in [1.82, 2.24) is 0 Å². The van der Waals surface area contributed by atoms with Crippen LogP contribution in [0.15, 0.2) is 0 Å². The molecule has 0 aliphatic rings. The van der Waals surface area contributed by atoms with E-state index in [1.165, 1.54) is 16.5 Å². The third-order valence-corrected chi connectivity index (χ3v) is 0. The van der Waals surface area contributed by atoms with Crippen LogP contribution in [0.4, 0.5) is 3.55 Å². The molecule has 0 fully saturated rings. The summed E-state index contributed by atoms with van der Waals surface area (Å²) >= 11 is 1.44. The van der Waals surface area contributed by atoms with Crippen molar-refractivity contribution in [2.24, 2.45) is 0 Å². The van der Waals surface area contributed by atoms with E-state index >= 15 is 0 Å². The third-order valence-electron chi connectivity index (χ3n) is 0. The zero-order valence-corrected chi connectivity index (χ0v) is 5.03. The van der Waals surface area contributed by atoms with Gasteiger partial charge in [-0.3, -0.25) is 0 Å². The summed E-state index contributed by atoms with van der Waals surface area (Å²) in [7, 11) is -4.64. The molecule has 8 heteroatoms. The fourth-order valence-corrected chi connectivity index (χ4v) is 0. The molecule has 0 atom stereocenters. The molecule has 0 saturated carbocycles. The molecule has 0 unspecified atom stereocenters. The predicted molar refractivity (Wildman–Crippen MR) is 22.5 cm³/mol. The number of hydrogen-bond donors (Lipinski definition) is 3. The fraction of sp³-hybridized carbons (Fsp3) is 0. The van der Waals surface area contributed by atoms with Gasteiger partial charge in [-0.05, 0) is 0 Å². The van der Waals surface area contributed by atoms with Gasteiger partial charge in [0, 0.05) is 0 Å². The molecule has 3 N–H and O–H groups in total. The first kappa shape index (κ1) is 16.1. The van der Waals surface area contributed by atoms with Crippen molar-refractivity contribution >= 4 is 26.7 Å². The zero-order valence-electron chi connectivity index (χ0n) is 2.95. The molecule has 48 valence electrons. The van der Waals surface area contributed by atoms with Crippen LogP contribution in [0.3, 0.4) is 0 Å². The van der Waals surface area contributed by atoms with Gasteiger partial charge in [0.2, 0.25) is 0 Å². The second-order valence-corrected chi connectivity index (χ2v) is 1.54. The van der Waals surface area contributed by atoms with Gasteiger partial charge in [0.25, 0.3) is 0 Å². The molecule has 0 rings (SSSR count). The molecule has 8 heavy (non-hydrogen) atoms. The average molecular weight is 180 g/mol. The van der Waals surface area contributed by atoms with Crippen molar-refractivity contribution in [2.75, 3.05) is 0 Å². The Morgan fingerprint density at radius 3 is 1.25 bits per heavy atom. The van der Waals surface area contributed by atoms with Gasteiger partial charge in [0.05, 0.1) is 0 Å². The molecular formula is H4FLiMnO4P. The molecule has 0 amide bonds. The molecule has 0 aromatic carbocycles. The number of hydrogen-bond acceptors (Lipinski definition) is 1. The van der Waals surface area contributed by atoms with Crippen molar-refractivity contribution in [3.8, 4) is 0 Å². The van der Waals surface area contributed by atoms with Crippen LogP contribution < -0.4 is 0 Å².